The minimum Gasteiger partial charge on any atom is -0.423 e. The maximum absolute atomic E-state index is 13.4. The Kier molecular flexibility index (Phi) is 4.54. The van der Waals surface area contributed by atoms with Crippen molar-refractivity contribution in [3.8, 4) is 0 Å². The lowest BCUT2D eigenvalue weighted by molar-refractivity contribution is -0.132. The number of amides is 2. The zero-order chi connectivity index (χ0) is 22.4. The molecule has 5 rings (SSSR count). The summed E-state index contributed by atoms with van der Waals surface area (Å²) < 4.78 is 20.4. The van der Waals surface area contributed by atoms with E-state index in [0.29, 0.717) is 36.3 Å². The molecule has 1 aliphatic heterocycles. The number of aromatic nitrogens is 5. The topological polar surface area (TPSA) is 145 Å². The number of rotatable bonds is 5. The molecule has 0 spiro atoms. The van der Waals surface area contributed by atoms with Crippen LogP contribution in [0.25, 0.3) is 22.1 Å². The molecule has 162 valence electrons. The van der Waals surface area contributed by atoms with E-state index >= 15 is 0 Å². The Hall–Kier alpha value is -4.35. The minimum atomic E-state index is -0.626. The van der Waals surface area contributed by atoms with Gasteiger partial charge in [0.15, 0.2) is 16.9 Å². The van der Waals surface area contributed by atoms with Crippen molar-refractivity contribution in [3.63, 3.8) is 0 Å². The van der Waals surface area contributed by atoms with Gasteiger partial charge < -0.3 is 15.1 Å². The molecule has 0 unspecified atom stereocenters. The zero-order valence-electron chi connectivity index (χ0n) is 16.7. The average molecular weight is 436 g/mol. The number of halogens is 1. The van der Waals surface area contributed by atoms with Crippen LogP contribution in [0, 0.1) is 11.7 Å². The average Bonchev–Trinajstić information content (AvgIpc) is 3.31. The molecule has 1 saturated heterocycles. The van der Waals surface area contributed by atoms with Gasteiger partial charge in [0.05, 0.1) is 5.39 Å². The lowest BCUT2D eigenvalue weighted by Gasteiger charge is -2.38. The zero-order valence-corrected chi connectivity index (χ0v) is 16.7. The van der Waals surface area contributed by atoms with E-state index in [4.69, 9.17) is 10.2 Å². The smallest absolute Gasteiger partial charge is 0.302 e. The van der Waals surface area contributed by atoms with E-state index in [0.717, 1.165) is 0 Å². The highest BCUT2D eigenvalue weighted by Crippen LogP contribution is 2.26. The summed E-state index contributed by atoms with van der Waals surface area (Å²) in [7, 11) is 0. The molecule has 4 heterocycles. The van der Waals surface area contributed by atoms with Crippen LogP contribution in [0.5, 0.6) is 0 Å². The van der Waals surface area contributed by atoms with Crippen molar-refractivity contribution in [2.45, 2.75) is 6.54 Å². The molecule has 0 aliphatic carbocycles. The number of carbonyl (C=O) groups is 2. The van der Waals surface area contributed by atoms with Crippen LogP contribution < -0.4 is 11.1 Å². The number of likely N-dealkylation sites (tertiary alicyclic amines) is 1. The Morgan fingerprint density at radius 3 is 2.94 bits per heavy atom. The molecule has 0 radical (unpaired) electrons. The van der Waals surface area contributed by atoms with Crippen LogP contribution in [0.2, 0.25) is 0 Å². The fourth-order valence-electron chi connectivity index (χ4n) is 3.67. The van der Waals surface area contributed by atoms with Gasteiger partial charge in [0.25, 0.3) is 5.91 Å². The molecule has 0 saturated carbocycles. The molecule has 0 bridgehead atoms. The molecule has 4 aromatic rings. The summed E-state index contributed by atoms with van der Waals surface area (Å²) in [5.74, 6) is -0.984. The molecule has 11 nitrogen and oxygen atoms in total. The predicted molar refractivity (Wildman–Crippen MR) is 112 cm³/mol. The summed E-state index contributed by atoms with van der Waals surface area (Å²) in [5, 5.41) is 7.21. The third kappa shape index (κ3) is 3.31. The molecule has 1 fully saturated rings. The highest BCUT2D eigenvalue weighted by atomic mass is 19.1. The number of anilines is 2. The maximum Gasteiger partial charge on any atom is 0.302 e. The summed E-state index contributed by atoms with van der Waals surface area (Å²) in [4.78, 5) is 38.5. The van der Waals surface area contributed by atoms with Crippen molar-refractivity contribution >= 4 is 45.8 Å². The van der Waals surface area contributed by atoms with Gasteiger partial charge in [-0.1, -0.05) is 6.58 Å². The Balaban J connectivity index is 1.42. The van der Waals surface area contributed by atoms with E-state index in [1.54, 1.807) is 9.58 Å². The second kappa shape index (κ2) is 7.41. The molecule has 3 aromatic heterocycles. The van der Waals surface area contributed by atoms with Gasteiger partial charge in [0.1, 0.15) is 23.5 Å². The van der Waals surface area contributed by atoms with Crippen LogP contribution in [-0.2, 0) is 11.3 Å². The molecule has 1 aliphatic rings. The van der Waals surface area contributed by atoms with Gasteiger partial charge in [0.2, 0.25) is 5.91 Å². The predicted octanol–water partition coefficient (Wildman–Crippen LogP) is 1.59. The van der Waals surface area contributed by atoms with Crippen molar-refractivity contribution in [3.05, 3.63) is 48.7 Å². The molecule has 12 heteroatoms. The van der Waals surface area contributed by atoms with Crippen LogP contribution in [0.15, 0.2) is 41.6 Å². The summed E-state index contributed by atoms with van der Waals surface area (Å²) in [6.45, 7) is 5.02. The minimum absolute atomic E-state index is 0.00452. The van der Waals surface area contributed by atoms with E-state index in [1.165, 1.54) is 30.6 Å². The lowest BCUT2D eigenvalue weighted by Crippen LogP contribution is -2.50. The number of fused-ring (bicyclic) bond motifs is 2. The Morgan fingerprint density at radius 2 is 2.16 bits per heavy atom. The lowest BCUT2D eigenvalue weighted by atomic mass is 10.0. The van der Waals surface area contributed by atoms with Gasteiger partial charge >= 0.3 is 6.01 Å². The van der Waals surface area contributed by atoms with Crippen molar-refractivity contribution < 1.29 is 18.4 Å². The van der Waals surface area contributed by atoms with Gasteiger partial charge in [-0.3, -0.25) is 14.9 Å². The Morgan fingerprint density at radius 1 is 1.34 bits per heavy atom. The first kappa shape index (κ1) is 19.6. The van der Waals surface area contributed by atoms with Crippen LogP contribution in [0.1, 0.15) is 10.5 Å². The molecule has 32 heavy (non-hydrogen) atoms. The van der Waals surface area contributed by atoms with E-state index in [2.05, 4.69) is 31.9 Å². The van der Waals surface area contributed by atoms with Crippen molar-refractivity contribution in [1.82, 2.24) is 29.6 Å². The van der Waals surface area contributed by atoms with Gasteiger partial charge in [-0.2, -0.15) is 10.1 Å². The summed E-state index contributed by atoms with van der Waals surface area (Å²) in [6, 6.07) is 3.74. The fourth-order valence-corrected chi connectivity index (χ4v) is 3.67. The van der Waals surface area contributed by atoms with Crippen LogP contribution in [-0.4, -0.2) is 54.5 Å². The standard InChI is InChI=1S/C20H17FN8O3/c1-2-14(30)28-6-10(7-28)8-29-18-15(17(22)23-9-24-18)16(27-29)19(31)26-20-25-12-5-11(21)3-4-13(12)32-20/h2-5,9-10H,1,6-8H2,(H2,22,23,24)(H,25,26,31). The second-order valence-corrected chi connectivity index (χ2v) is 7.39. The fraction of sp³-hybridized carbons (Fsp3) is 0.200. The van der Waals surface area contributed by atoms with E-state index in [1.807, 2.05) is 0 Å². The number of nitrogens with two attached hydrogens (primary N) is 1. The van der Waals surface area contributed by atoms with Crippen LogP contribution in [0.4, 0.5) is 16.2 Å². The van der Waals surface area contributed by atoms with Crippen LogP contribution >= 0.6 is 0 Å². The number of nitrogens with zero attached hydrogens (tertiary/aromatic N) is 6. The molecule has 3 N–H and O–H groups in total. The first-order chi connectivity index (χ1) is 15.4. The normalized spacial score (nSPS) is 14.0. The summed E-state index contributed by atoms with van der Waals surface area (Å²) in [6.07, 6.45) is 2.57. The third-order valence-electron chi connectivity index (χ3n) is 5.22. The van der Waals surface area contributed by atoms with Crippen molar-refractivity contribution in [1.29, 1.82) is 0 Å². The highest BCUT2D eigenvalue weighted by Gasteiger charge is 2.31. The number of carbonyl (C=O) groups excluding carboxylic acids is 2. The molecular weight excluding hydrogens is 419 g/mol. The first-order valence-corrected chi connectivity index (χ1v) is 9.68. The maximum atomic E-state index is 13.4. The first-order valence-electron chi connectivity index (χ1n) is 9.68. The van der Waals surface area contributed by atoms with Gasteiger partial charge in [-0.15, -0.1) is 0 Å². The van der Waals surface area contributed by atoms with E-state index in [-0.39, 0.29) is 34.9 Å². The Bertz CT molecular complexity index is 1390. The quantitative estimate of drug-likeness (QED) is 0.449. The highest BCUT2D eigenvalue weighted by molar-refractivity contribution is 6.12. The van der Waals surface area contributed by atoms with Crippen molar-refractivity contribution in [2.75, 3.05) is 24.1 Å². The van der Waals surface area contributed by atoms with Gasteiger partial charge in [0, 0.05) is 31.6 Å². The number of hydrogen-bond donors (Lipinski definition) is 2. The van der Waals surface area contributed by atoms with E-state index in [9.17, 15) is 14.0 Å². The Labute approximate surface area is 179 Å². The number of oxazole rings is 1. The second-order valence-electron chi connectivity index (χ2n) is 7.39. The third-order valence-corrected chi connectivity index (χ3v) is 5.22. The number of benzene rings is 1. The summed E-state index contributed by atoms with van der Waals surface area (Å²) >= 11 is 0. The summed E-state index contributed by atoms with van der Waals surface area (Å²) in [5.41, 5.74) is 7.00. The van der Waals surface area contributed by atoms with Crippen LogP contribution in [0.3, 0.4) is 0 Å². The van der Waals surface area contributed by atoms with Gasteiger partial charge in [-0.25, -0.2) is 19.0 Å². The largest absolute Gasteiger partial charge is 0.423 e. The molecule has 1 aromatic carbocycles. The van der Waals surface area contributed by atoms with Gasteiger partial charge in [-0.05, 0) is 18.2 Å². The van der Waals surface area contributed by atoms with Crippen molar-refractivity contribution in [2.24, 2.45) is 5.92 Å². The van der Waals surface area contributed by atoms with E-state index < -0.39 is 11.7 Å². The molecule has 0 atom stereocenters. The number of hydrogen-bond acceptors (Lipinski definition) is 8. The number of nitrogen functional groups attached to an aromatic ring is 1. The SMILES string of the molecule is C=CC(=O)N1CC(Cn2nc(C(=O)Nc3nc4cc(F)ccc4o3)c3c(N)ncnc32)C1. The monoisotopic (exact) mass is 436 g/mol. The number of nitrogens with one attached hydrogen (secondary N) is 1. The molecule has 2 amide bonds. The molecular formula is C20H17FN8O3.